The summed E-state index contributed by atoms with van der Waals surface area (Å²) in [5.74, 6) is -2.30. The van der Waals surface area contributed by atoms with Crippen molar-refractivity contribution in [2.24, 2.45) is 0 Å². The second kappa shape index (κ2) is 9.88. The Hall–Kier alpha value is -2.47. The second-order valence-electron chi connectivity index (χ2n) is 9.07. The van der Waals surface area contributed by atoms with Crippen LogP contribution in [0.3, 0.4) is 0 Å². The Balaban J connectivity index is 1.34. The minimum Gasteiger partial charge on any atom is -0.407 e. The van der Waals surface area contributed by atoms with Crippen LogP contribution in [0.25, 0.3) is 11.1 Å². The molecule has 192 valence electrons. The number of carbonyl (C=O) groups excluding carboxylic acids is 1. The van der Waals surface area contributed by atoms with Crippen molar-refractivity contribution in [3.05, 3.63) is 46.5 Å². The number of ether oxygens (including phenoxy) is 4. The van der Waals surface area contributed by atoms with Gasteiger partial charge >= 0.3 is 11.9 Å². The van der Waals surface area contributed by atoms with Gasteiger partial charge in [-0.15, -0.1) is 0 Å². The summed E-state index contributed by atoms with van der Waals surface area (Å²) in [6.45, 7) is 3.51. The monoisotopic (exact) mass is 499 g/mol. The molecule has 1 aromatic carbocycles. The highest BCUT2D eigenvalue weighted by atomic mass is 19.4. The highest BCUT2D eigenvalue weighted by molar-refractivity contribution is 5.89. The number of nitrogens with zero attached hydrogens (tertiary/aromatic N) is 1. The average molecular weight is 499 g/mol. The van der Waals surface area contributed by atoms with Crippen LogP contribution < -0.4 is 5.76 Å². The van der Waals surface area contributed by atoms with Gasteiger partial charge in [0, 0.05) is 19.1 Å². The third-order valence-electron chi connectivity index (χ3n) is 6.14. The van der Waals surface area contributed by atoms with E-state index in [-0.39, 0.29) is 36.8 Å². The predicted molar refractivity (Wildman–Crippen MR) is 118 cm³/mol. The Morgan fingerprint density at radius 2 is 1.94 bits per heavy atom. The summed E-state index contributed by atoms with van der Waals surface area (Å²) in [6.07, 6.45) is -5.65. The van der Waals surface area contributed by atoms with Crippen molar-refractivity contribution in [3.63, 3.8) is 0 Å². The molecule has 0 radical (unpaired) electrons. The fourth-order valence-electron chi connectivity index (χ4n) is 4.60. The molecule has 4 atom stereocenters. The van der Waals surface area contributed by atoms with Crippen LogP contribution in [0.15, 0.2) is 45.1 Å². The van der Waals surface area contributed by atoms with Crippen molar-refractivity contribution in [2.45, 2.75) is 82.5 Å². The van der Waals surface area contributed by atoms with Gasteiger partial charge in [-0.1, -0.05) is 18.2 Å². The van der Waals surface area contributed by atoms with Gasteiger partial charge < -0.3 is 23.4 Å². The summed E-state index contributed by atoms with van der Waals surface area (Å²) in [6, 6.07) is 6.36. The van der Waals surface area contributed by atoms with Gasteiger partial charge in [0.2, 0.25) is 5.91 Å². The summed E-state index contributed by atoms with van der Waals surface area (Å²) < 4.78 is 69.4. The van der Waals surface area contributed by atoms with Gasteiger partial charge in [-0.25, -0.2) is 9.36 Å². The summed E-state index contributed by atoms with van der Waals surface area (Å²) in [5, 5.41) is 0. The molecular weight excluding hydrogens is 471 g/mol. The van der Waals surface area contributed by atoms with Crippen LogP contribution in [0, 0.1) is 0 Å². The van der Waals surface area contributed by atoms with Crippen LogP contribution in [0.4, 0.5) is 13.2 Å². The van der Waals surface area contributed by atoms with Crippen LogP contribution in [-0.2, 0) is 18.9 Å². The van der Waals surface area contributed by atoms with E-state index in [9.17, 15) is 22.8 Å². The van der Waals surface area contributed by atoms with Gasteiger partial charge in [-0.2, -0.15) is 13.2 Å². The SMILES string of the molecule is COC1C(CCCC(=CCCC(=O)n2c(=O)oc3ccccc32)C(F)(F)F)O[C@@H]2OC(C)(C)O[C@H]12. The highest BCUT2D eigenvalue weighted by Crippen LogP contribution is 2.40. The lowest BCUT2D eigenvalue weighted by Crippen LogP contribution is -2.36. The van der Waals surface area contributed by atoms with Gasteiger partial charge in [-0.05, 0) is 51.7 Å². The van der Waals surface area contributed by atoms with Crippen LogP contribution in [-0.4, -0.2) is 54.1 Å². The van der Waals surface area contributed by atoms with E-state index in [4.69, 9.17) is 23.4 Å². The lowest BCUT2D eigenvalue weighted by atomic mass is 10.0. The van der Waals surface area contributed by atoms with Gasteiger partial charge in [-0.3, -0.25) is 4.79 Å². The van der Waals surface area contributed by atoms with E-state index in [0.29, 0.717) is 6.42 Å². The molecule has 0 aliphatic carbocycles. The number of methoxy groups -OCH3 is 1. The lowest BCUT2D eigenvalue weighted by Gasteiger charge is -2.25. The number of halogens is 3. The zero-order valence-electron chi connectivity index (χ0n) is 19.7. The number of hydrogen-bond donors (Lipinski definition) is 0. The quantitative estimate of drug-likeness (QED) is 0.492. The van der Waals surface area contributed by atoms with E-state index in [1.165, 1.54) is 13.2 Å². The molecular formula is C24H28F3NO7. The zero-order valence-corrected chi connectivity index (χ0v) is 19.7. The standard InChI is InChI=1S/C24H28F3NO7/c1-23(2)34-20-19(31-3)17(32-21(20)35-23)12-6-8-14(24(25,26)27)9-7-13-18(29)28-15-10-4-5-11-16(15)33-22(28)30/h4-5,9-11,17,19-21H,6-8,12-13H2,1-3H3/t17?,19?,20-,21-/m1/s1. The Labute approximate surface area is 199 Å². The number of fused-ring (bicyclic) bond motifs is 2. The minimum absolute atomic E-state index is 0.166. The van der Waals surface area contributed by atoms with Crippen molar-refractivity contribution in [2.75, 3.05) is 7.11 Å². The summed E-state index contributed by atoms with van der Waals surface area (Å²) in [5.41, 5.74) is -0.201. The molecule has 0 amide bonds. The molecule has 2 fully saturated rings. The molecule has 4 rings (SSSR count). The fourth-order valence-corrected chi connectivity index (χ4v) is 4.60. The van der Waals surface area contributed by atoms with Crippen molar-refractivity contribution < 1.29 is 41.3 Å². The first-order valence-electron chi connectivity index (χ1n) is 11.4. The molecule has 0 N–H and O–H groups in total. The topological polar surface area (TPSA) is 89.1 Å². The van der Waals surface area contributed by atoms with Crippen LogP contribution >= 0.6 is 0 Å². The van der Waals surface area contributed by atoms with E-state index < -0.39 is 53.8 Å². The maximum absolute atomic E-state index is 13.6. The molecule has 8 nitrogen and oxygen atoms in total. The second-order valence-corrected chi connectivity index (χ2v) is 9.07. The molecule has 1 aromatic heterocycles. The summed E-state index contributed by atoms with van der Waals surface area (Å²) >= 11 is 0. The smallest absolute Gasteiger partial charge is 0.407 e. The van der Waals surface area contributed by atoms with Crippen molar-refractivity contribution in [3.8, 4) is 0 Å². The number of carbonyl (C=O) groups is 1. The van der Waals surface area contributed by atoms with Gasteiger partial charge in [0.05, 0.1) is 11.6 Å². The van der Waals surface area contributed by atoms with Gasteiger partial charge in [0.15, 0.2) is 17.7 Å². The van der Waals surface area contributed by atoms with Crippen LogP contribution in [0.1, 0.15) is 50.7 Å². The van der Waals surface area contributed by atoms with Crippen LogP contribution in [0.5, 0.6) is 0 Å². The largest absolute Gasteiger partial charge is 0.426 e. The lowest BCUT2D eigenvalue weighted by molar-refractivity contribution is -0.217. The number of alkyl halides is 3. The molecule has 2 saturated heterocycles. The minimum atomic E-state index is -4.54. The first-order chi connectivity index (χ1) is 16.5. The van der Waals surface area contributed by atoms with E-state index in [0.717, 1.165) is 10.6 Å². The molecule has 0 spiro atoms. The highest BCUT2D eigenvalue weighted by Gasteiger charge is 2.54. The first kappa shape index (κ1) is 25.6. The predicted octanol–water partition coefficient (Wildman–Crippen LogP) is 4.57. The Kier molecular flexibility index (Phi) is 7.23. The molecule has 11 heteroatoms. The number of hydrogen-bond acceptors (Lipinski definition) is 7. The number of benzene rings is 1. The molecule has 2 aliphatic rings. The summed E-state index contributed by atoms with van der Waals surface area (Å²) in [7, 11) is 1.50. The number of rotatable bonds is 8. The molecule has 0 bridgehead atoms. The average Bonchev–Trinajstić information content (AvgIpc) is 3.37. The molecule has 0 saturated carbocycles. The van der Waals surface area contributed by atoms with Crippen molar-refractivity contribution in [1.82, 2.24) is 4.57 Å². The first-order valence-corrected chi connectivity index (χ1v) is 11.4. The van der Waals surface area contributed by atoms with E-state index in [1.807, 2.05) is 0 Å². The Morgan fingerprint density at radius 1 is 1.20 bits per heavy atom. The third kappa shape index (κ3) is 5.53. The van der Waals surface area contributed by atoms with Crippen LogP contribution in [0.2, 0.25) is 0 Å². The number of allylic oxidation sites excluding steroid dienone is 2. The van der Waals surface area contributed by atoms with E-state index in [1.54, 1.807) is 32.0 Å². The molecule has 2 aromatic rings. The number of aromatic nitrogens is 1. The van der Waals surface area contributed by atoms with Gasteiger partial charge in [0.1, 0.15) is 12.2 Å². The summed E-state index contributed by atoms with van der Waals surface area (Å²) in [4.78, 5) is 24.5. The molecule has 2 unspecified atom stereocenters. The maximum atomic E-state index is 13.6. The van der Waals surface area contributed by atoms with Gasteiger partial charge in [0.25, 0.3) is 0 Å². The van der Waals surface area contributed by atoms with E-state index >= 15 is 0 Å². The molecule has 35 heavy (non-hydrogen) atoms. The Bertz CT molecular complexity index is 1150. The van der Waals surface area contributed by atoms with Crippen molar-refractivity contribution in [1.29, 1.82) is 0 Å². The fraction of sp³-hybridized carbons (Fsp3) is 0.583. The maximum Gasteiger partial charge on any atom is 0.426 e. The third-order valence-corrected chi connectivity index (χ3v) is 6.14. The van der Waals surface area contributed by atoms with Crippen molar-refractivity contribution >= 4 is 17.0 Å². The van der Waals surface area contributed by atoms with E-state index in [2.05, 4.69) is 0 Å². The molecule has 3 heterocycles. The normalized spacial score (nSPS) is 26.4. The molecule has 2 aliphatic heterocycles. The zero-order chi connectivity index (χ0) is 25.4. The Morgan fingerprint density at radius 3 is 2.66 bits per heavy atom. The number of para-hydroxylation sites is 2. The number of oxazole rings is 1.